The van der Waals surface area contributed by atoms with Gasteiger partial charge in [-0.3, -0.25) is 4.79 Å². The summed E-state index contributed by atoms with van der Waals surface area (Å²) in [7, 11) is 1.62. The summed E-state index contributed by atoms with van der Waals surface area (Å²) < 4.78 is 5.03. The third kappa shape index (κ3) is 3.97. The number of nitriles is 1. The van der Waals surface area contributed by atoms with E-state index in [0.29, 0.717) is 26.1 Å². The van der Waals surface area contributed by atoms with Crippen LogP contribution in [0.25, 0.3) is 0 Å². The van der Waals surface area contributed by atoms with Crippen LogP contribution >= 0.6 is 0 Å². The van der Waals surface area contributed by atoms with Crippen LogP contribution in [0.5, 0.6) is 0 Å². The van der Waals surface area contributed by atoms with Gasteiger partial charge in [0.05, 0.1) is 24.6 Å². The molecule has 1 rings (SSSR count). The molecule has 1 fully saturated rings. The summed E-state index contributed by atoms with van der Waals surface area (Å²) in [5.74, 6) is 0.0921. The largest absolute Gasteiger partial charge is 0.383 e. The van der Waals surface area contributed by atoms with Crippen molar-refractivity contribution < 1.29 is 9.53 Å². The minimum absolute atomic E-state index is 0.0921. The molecule has 1 N–H and O–H groups in total. The number of methoxy groups -OCH3 is 1. The summed E-state index contributed by atoms with van der Waals surface area (Å²) in [5, 5.41) is 12.0. The normalized spacial score (nSPS) is 23.4. The Morgan fingerprint density at radius 2 is 2.28 bits per heavy atom. The molecular weight excluding hydrogens is 230 g/mol. The fraction of sp³-hybridized carbons (Fsp3) is 0.846. The average molecular weight is 253 g/mol. The summed E-state index contributed by atoms with van der Waals surface area (Å²) in [6.45, 7) is 4.39. The monoisotopic (exact) mass is 253 g/mol. The molecule has 0 aromatic carbocycles. The summed E-state index contributed by atoms with van der Waals surface area (Å²) >= 11 is 0. The van der Waals surface area contributed by atoms with Gasteiger partial charge in [-0.2, -0.15) is 5.26 Å². The first kappa shape index (κ1) is 14.9. The van der Waals surface area contributed by atoms with Gasteiger partial charge in [0.2, 0.25) is 5.91 Å². The Kier molecular flexibility index (Phi) is 6.10. The lowest BCUT2D eigenvalue weighted by molar-refractivity contribution is -0.139. The average Bonchev–Trinajstić information content (AvgIpc) is 2.39. The van der Waals surface area contributed by atoms with Crippen LogP contribution in [0, 0.1) is 11.3 Å². The summed E-state index contributed by atoms with van der Waals surface area (Å²) in [4.78, 5) is 14.3. The number of ether oxygens (including phenoxy) is 1. The fourth-order valence-corrected chi connectivity index (χ4v) is 2.29. The zero-order chi connectivity index (χ0) is 13.4. The van der Waals surface area contributed by atoms with Gasteiger partial charge in [-0.15, -0.1) is 0 Å². The molecule has 1 atom stereocenters. The van der Waals surface area contributed by atoms with Crippen molar-refractivity contribution in [1.29, 1.82) is 5.26 Å². The second kappa shape index (κ2) is 7.34. The van der Waals surface area contributed by atoms with Crippen LogP contribution in [0.15, 0.2) is 0 Å². The lowest BCUT2D eigenvalue weighted by Gasteiger charge is -2.37. The van der Waals surface area contributed by atoms with Crippen LogP contribution in [0.3, 0.4) is 0 Å². The number of hydrogen-bond acceptors (Lipinski definition) is 4. The third-order valence-corrected chi connectivity index (χ3v) is 3.44. The Morgan fingerprint density at radius 1 is 1.50 bits per heavy atom. The first-order chi connectivity index (χ1) is 8.64. The van der Waals surface area contributed by atoms with Gasteiger partial charge in [-0.05, 0) is 32.7 Å². The molecule has 102 valence electrons. The number of piperidine rings is 1. The standard InChI is InChI=1S/C13H23N3O2/c1-13(6-3-4-8-15-13)12(17)16(9-5-7-14)10-11-18-2/h15H,3-6,8-11H2,1-2H3. The number of rotatable bonds is 6. The molecule has 18 heavy (non-hydrogen) atoms. The van der Waals surface area contributed by atoms with Crippen molar-refractivity contribution in [1.82, 2.24) is 10.2 Å². The number of hydrogen-bond donors (Lipinski definition) is 1. The van der Waals surface area contributed by atoms with E-state index in [1.165, 1.54) is 0 Å². The number of amides is 1. The van der Waals surface area contributed by atoms with Crippen molar-refractivity contribution in [3.63, 3.8) is 0 Å². The molecule has 1 aliphatic rings. The number of carbonyl (C=O) groups excluding carboxylic acids is 1. The van der Waals surface area contributed by atoms with Crippen LogP contribution in [0.4, 0.5) is 0 Å². The first-order valence-electron chi connectivity index (χ1n) is 6.54. The van der Waals surface area contributed by atoms with Crippen LogP contribution < -0.4 is 5.32 Å². The molecule has 0 bridgehead atoms. The maximum atomic E-state index is 12.5. The van der Waals surface area contributed by atoms with Crippen LogP contribution in [-0.4, -0.2) is 49.7 Å². The third-order valence-electron chi connectivity index (χ3n) is 3.44. The molecule has 1 heterocycles. The van der Waals surface area contributed by atoms with E-state index in [2.05, 4.69) is 11.4 Å². The van der Waals surface area contributed by atoms with E-state index in [-0.39, 0.29) is 5.91 Å². The van der Waals surface area contributed by atoms with Gasteiger partial charge in [0.15, 0.2) is 0 Å². The van der Waals surface area contributed by atoms with Gasteiger partial charge in [-0.1, -0.05) is 0 Å². The SMILES string of the molecule is COCCN(CCC#N)C(=O)C1(C)CCCCN1. The maximum absolute atomic E-state index is 12.5. The molecule has 5 nitrogen and oxygen atoms in total. The first-order valence-corrected chi connectivity index (χ1v) is 6.54. The van der Waals surface area contributed by atoms with E-state index in [0.717, 1.165) is 25.8 Å². The van der Waals surface area contributed by atoms with E-state index < -0.39 is 5.54 Å². The zero-order valence-electron chi connectivity index (χ0n) is 11.4. The highest BCUT2D eigenvalue weighted by atomic mass is 16.5. The van der Waals surface area contributed by atoms with Crippen molar-refractivity contribution in [3.05, 3.63) is 0 Å². The second-order valence-electron chi connectivity index (χ2n) is 4.91. The van der Waals surface area contributed by atoms with E-state index in [9.17, 15) is 4.79 Å². The smallest absolute Gasteiger partial charge is 0.242 e. The Balaban J connectivity index is 2.64. The van der Waals surface area contributed by atoms with Crippen molar-refractivity contribution >= 4 is 5.91 Å². The van der Waals surface area contributed by atoms with E-state index >= 15 is 0 Å². The van der Waals surface area contributed by atoms with Gasteiger partial charge in [-0.25, -0.2) is 0 Å². The molecule has 0 saturated carbocycles. The molecule has 0 radical (unpaired) electrons. The van der Waals surface area contributed by atoms with Gasteiger partial charge >= 0.3 is 0 Å². The van der Waals surface area contributed by atoms with Gasteiger partial charge in [0, 0.05) is 20.2 Å². The molecule has 1 unspecified atom stereocenters. The summed E-state index contributed by atoms with van der Waals surface area (Å²) in [5.41, 5.74) is -0.471. The van der Waals surface area contributed by atoms with Crippen molar-refractivity contribution in [3.8, 4) is 6.07 Å². The van der Waals surface area contributed by atoms with E-state index in [1.54, 1.807) is 12.0 Å². The predicted octanol–water partition coefficient (Wildman–Crippen LogP) is 0.907. The number of nitrogens with zero attached hydrogens (tertiary/aromatic N) is 2. The Hall–Kier alpha value is -1.12. The van der Waals surface area contributed by atoms with E-state index in [1.807, 2.05) is 6.92 Å². The molecule has 0 aromatic heterocycles. The van der Waals surface area contributed by atoms with Crippen LogP contribution in [0.1, 0.15) is 32.6 Å². The van der Waals surface area contributed by atoms with Gasteiger partial charge in [0.1, 0.15) is 0 Å². The quantitative estimate of drug-likeness (QED) is 0.764. The van der Waals surface area contributed by atoms with Crippen molar-refractivity contribution in [2.24, 2.45) is 0 Å². The van der Waals surface area contributed by atoms with Gasteiger partial charge < -0.3 is 15.0 Å². The Bertz CT molecular complexity index is 306. The lowest BCUT2D eigenvalue weighted by Crippen LogP contribution is -2.58. The summed E-state index contributed by atoms with van der Waals surface area (Å²) in [6.07, 6.45) is 3.43. The molecule has 1 aliphatic heterocycles. The molecule has 1 amide bonds. The van der Waals surface area contributed by atoms with Crippen LogP contribution in [0.2, 0.25) is 0 Å². The topological polar surface area (TPSA) is 65.4 Å². The second-order valence-corrected chi connectivity index (χ2v) is 4.91. The molecular formula is C13H23N3O2. The molecule has 0 spiro atoms. The Labute approximate surface area is 109 Å². The highest BCUT2D eigenvalue weighted by Gasteiger charge is 2.37. The zero-order valence-corrected chi connectivity index (χ0v) is 11.4. The minimum Gasteiger partial charge on any atom is -0.383 e. The Morgan fingerprint density at radius 3 is 2.83 bits per heavy atom. The highest BCUT2D eigenvalue weighted by Crippen LogP contribution is 2.21. The maximum Gasteiger partial charge on any atom is 0.242 e. The fourth-order valence-electron chi connectivity index (χ4n) is 2.29. The van der Waals surface area contributed by atoms with Crippen LogP contribution in [-0.2, 0) is 9.53 Å². The molecule has 0 aromatic rings. The number of nitrogens with one attached hydrogen (secondary N) is 1. The molecule has 0 aliphatic carbocycles. The lowest BCUT2D eigenvalue weighted by atomic mass is 9.89. The predicted molar refractivity (Wildman–Crippen MR) is 68.9 cm³/mol. The molecule has 1 saturated heterocycles. The molecule has 5 heteroatoms. The summed E-state index contributed by atoms with van der Waals surface area (Å²) in [6, 6.07) is 2.09. The van der Waals surface area contributed by atoms with Crippen molar-refractivity contribution in [2.75, 3.05) is 33.4 Å². The van der Waals surface area contributed by atoms with E-state index in [4.69, 9.17) is 10.00 Å². The van der Waals surface area contributed by atoms with Gasteiger partial charge in [0.25, 0.3) is 0 Å². The van der Waals surface area contributed by atoms with Crippen molar-refractivity contribution in [2.45, 2.75) is 38.1 Å². The number of carbonyl (C=O) groups is 1. The highest BCUT2D eigenvalue weighted by molar-refractivity contribution is 5.86. The minimum atomic E-state index is -0.471.